The van der Waals surface area contributed by atoms with Crippen LogP contribution in [0.2, 0.25) is 0 Å². The Kier molecular flexibility index (Phi) is 3.23. The fourth-order valence-electron chi connectivity index (χ4n) is 1.92. The predicted molar refractivity (Wildman–Crippen MR) is 74.0 cm³/mol. The molecule has 0 fully saturated rings. The maximum absolute atomic E-state index is 10.8. The highest BCUT2D eigenvalue weighted by molar-refractivity contribution is 5.76. The summed E-state index contributed by atoms with van der Waals surface area (Å²) < 4.78 is 12.6. The standard InChI is InChI=1S/C14H12N4O3/c1-9-5-13(18-14(17-9)15-8-16-18)21-11-4-3-10(7-19)6-12(11)20-2/h3-8H,1-2H3. The Balaban J connectivity index is 2.06. The zero-order valence-electron chi connectivity index (χ0n) is 11.5. The molecule has 7 nitrogen and oxygen atoms in total. The number of benzene rings is 1. The van der Waals surface area contributed by atoms with Crippen LogP contribution in [0.25, 0.3) is 5.78 Å². The zero-order chi connectivity index (χ0) is 14.8. The highest BCUT2D eigenvalue weighted by atomic mass is 16.5. The Morgan fingerprint density at radius 3 is 2.86 bits per heavy atom. The van der Waals surface area contributed by atoms with E-state index in [9.17, 15) is 4.79 Å². The van der Waals surface area contributed by atoms with Crippen LogP contribution in [0.1, 0.15) is 16.1 Å². The van der Waals surface area contributed by atoms with Gasteiger partial charge in [-0.2, -0.15) is 14.6 Å². The molecule has 0 aliphatic heterocycles. The summed E-state index contributed by atoms with van der Waals surface area (Å²) in [6.07, 6.45) is 2.15. The van der Waals surface area contributed by atoms with Gasteiger partial charge in [0, 0.05) is 17.3 Å². The molecule has 3 aromatic rings. The summed E-state index contributed by atoms with van der Waals surface area (Å²) in [7, 11) is 1.51. The van der Waals surface area contributed by atoms with Crippen LogP contribution in [-0.4, -0.2) is 33.0 Å². The van der Waals surface area contributed by atoms with Crippen molar-refractivity contribution < 1.29 is 14.3 Å². The lowest BCUT2D eigenvalue weighted by Crippen LogP contribution is -2.00. The summed E-state index contributed by atoms with van der Waals surface area (Å²) in [5, 5.41) is 4.07. The summed E-state index contributed by atoms with van der Waals surface area (Å²) in [4.78, 5) is 19.1. The van der Waals surface area contributed by atoms with Gasteiger partial charge in [-0.3, -0.25) is 4.79 Å². The molecule has 3 rings (SSSR count). The number of aldehydes is 1. The topological polar surface area (TPSA) is 78.6 Å². The quantitative estimate of drug-likeness (QED) is 0.682. The lowest BCUT2D eigenvalue weighted by atomic mass is 10.2. The summed E-state index contributed by atoms with van der Waals surface area (Å²) in [5.41, 5.74) is 1.27. The number of carbonyl (C=O) groups is 1. The lowest BCUT2D eigenvalue weighted by molar-refractivity contribution is 0.112. The number of ether oxygens (including phenoxy) is 2. The first-order valence-electron chi connectivity index (χ1n) is 6.19. The van der Waals surface area contributed by atoms with E-state index in [-0.39, 0.29) is 0 Å². The summed E-state index contributed by atoms with van der Waals surface area (Å²) in [6, 6.07) is 6.67. The van der Waals surface area contributed by atoms with Crippen molar-refractivity contribution in [3.8, 4) is 17.4 Å². The zero-order valence-corrected chi connectivity index (χ0v) is 11.5. The Labute approximate surface area is 120 Å². The number of rotatable bonds is 4. The molecule has 1 aromatic carbocycles. The molecule has 0 saturated carbocycles. The molecule has 106 valence electrons. The van der Waals surface area contributed by atoms with Crippen LogP contribution in [0.3, 0.4) is 0 Å². The number of methoxy groups -OCH3 is 1. The third kappa shape index (κ3) is 2.40. The predicted octanol–water partition coefficient (Wildman–Crippen LogP) is 2.05. The maximum Gasteiger partial charge on any atom is 0.255 e. The number of fused-ring (bicyclic) bond motifs is 1. The van der Waals surface area contributed by atoms with E-state index >= 15 is 0 Å². The molecule has 0 spiro atoms. The van der Waals surface area contributed by atoms with Gasteiger partial charge in [0.15, 0.2) is 11.5 Å². The van der Waals surface area contributed by atoms with Gasteiger partial charge in [-0.25, -0.2) is 4.98 Å². The second kappa shape index (κ2) is 5.20. The van der Waals surface area contributed by atoms with Crippen molar-refractivity contribution >= 4 is 12.1 Å². The molecule has 0 aliphatic rings. The van der Waals surface area contributed by atoms with E-state index in [0.717, 1.165) is 12.0 Å². The molecule has 0 aliphatic carbocycles. The van der Waals surface area contributed by atoms with Crippen molar-refractivity contribution in [3.63, 3.8) is 0 Å². The Hall–Kier alpha value is -2.96. The van der Waals surface area contributed by atoms with Crippen LogP contribution < -0.4 is 9.47 Å². The van der Waals surface area contributed by atoms with E-state index in [1.807, 2.05) is 6.92 Å². The van der Waals surface area contributed by atoms with Gasteiger partial charge in [-0.15, -0.1) is 0 Å². The third-order valence-electron chi connectivity index (χ3n) is 2.89. The maximum atomic E-state index is 10.8. The van der Waals surface area contributed by atoms with E-state index in [0.29, 0.717) is 28.7 Å². The minimum atomic E-state index is 0.452. The molecule has 2 aromatic heterocycles. The van der Waals surface area contributed by atoms with Crippen LogP contribution in [-0.2, 0) is 0 Å². The van der Waals surface area contributed by atoms with E-state index in [1.165, 1.54) is 18.0 Å². The van der Waals surface area contributed by atoms with Crippen molar-refractivity contribution in [2.45, 2.75) is 6.92 Å². The highest BCUT2D eigenvalue weighted by Gasteiger charge is 2.11. The lowest BCUT2D eigenvalue weighted by Gasteiger charge is -2.11. The van der Waals surface area contributed by atoms with Gasteiger partial charge in [0.1, 0.15) is 12.6 Å². The molecule has 0 saturated heterocycles. The van der Waals surface area contributed by atoms with E-state index in [4.69, 9.17) is 9.47 Å². The molecule has 0 unspecified atom stereocenters. The summed E-state index contributed by atoms with van der Waals surface area (Å²) in [5.74, 6) is 1.86. The largest absolute Gasteiger partial charge is 0.493 e. The van der Waals surface area contributed by atoms with Crippen LogP contribution in [0.5, 0.6) is 17.4 Å². The van der Waals surface area contributed by atoms with Gasteiger partial charge >= 0.3 is 0 Å². The molecule has 0 amide bonds. The van der Waals surface area contributed by atoms with E-state index in [1.54, 1.807) is 24.3 Å². The number of nitrogens with zero attached hydrogens (tertiary/aromatic N) is 4. The van der Waals surface area contributed by atoms with Crippen molar-refractivity contribution in [2.24, 2.45) is 0 Å². The average Bonchev–Trinajstić information content (AvgIpc) is 2.96. The van der Waals surface area contributed by atoms with E-state index < -0.39 is 0 Å². The number of hydrogen-bond donors (Lipinski definition) is 0. The molecule has 0 radical (unpaired) electrons. The minimum Gasteiger partial charge on any atom is -0.493 e. The van der Waals surface area contributed by atoms with Crippen LogP contribution in [0.4, 0.5) is 0 Å². The first-order chi connectivity index (χ1) is 10.2. The first-order valence-corrected chi connectivity index (χ1v) is 6.19. The van der Waals surface area contributed by atoms with Crippen molar-refractivity contribution in [3.05, 3.63) is 41.9 Å². The van der Waals surface area contributed by atoms with Gasteiger partial charge in [-0.1, -0.05) is 0 Å². The minimum absolute atomic E-state index is 0.452. The monoisotopic (exact) mass is 284 g/mol. The normalized spacial score (nSPS) is 10.6. The molecular weight excluding hydrogens is 272 g/mol. The molecule has 0 N–H and O–H groups in total. The molecule has 0 atom stereocenters. The third-order valence-corrected chi connectivity index (χ3v) is 2.89. The fraction of sp³-hybridized carbons (Fsp3) is 0.143. The van der Waals surface area contributed by atoms with Crippen molar-refractivity contribution in [1.82, 2.24) is 19.6 Å². The average molecular weight is 284 g/mol. The Morgan fingerprint density at radius 2 is 2.10 bits per heavy atom. The van der Waals surface area contributed by atoms with Gasteiger partial charge in [0.2, 0.25) is 5.88 Å². The molecular formula is C14H12N4O3. The van der Waals surface area contributed by atoms with Crippen molar-refractivity contribution in [1.29, 1.82) is 0 Å². The number of carbonyl (C=O) groups excluding carboxylic acids is 1. The van der Waals surface area contributed by atoms with Crippen LogP contribution in [0.15, 0.2) is 30.6 Å². The second-order valence-corrected chi connectivity index (χ2v) is 4.34. The fourth-order valence-corrected chi connectivity index (χ4v) is 1.92. The van der Waals surface area contributed by atoms with Gasteiger partial charge in [-0.05, 0) is 25.1 Å². The number of aryl methyl sites for hydroxylation is 1. The van der Waals surface area contributed by atoms with Crippen molar-refractivity contribution in [2.75, 3.05) is 7.11 Å². The Bertz CT molecular complexity index is 813. The number of hydrogen-bond acceptors (Lipinski definition) is 6. The summed E-state index contributed by atoms with van der Waals surface area (Å²) in [6.45, 7) is 1.84. The smallest absolute Gasteiger partial charge is 0.255 e. The van der Waals surface area contributed by atoms with Crippen LogP contribution in [0, 0.1) is 6.92 Å². The molecule has 0 bridgehead atoms. The second-order valence-electron chi connectivity index (χ2n) is 4.34. The first kappa shape index (κ1) is 13.0. The molecule has 21 heavy (non-hydrogen) atoms. The van der Waals surface area contributed by atoms with Gasteiger partial charge in [0.05, 0.1) is 7.11 Å². The van der Waals surface area contributed by atoms with Gasteiger partial charge in [0.25, 0.3) is 5.78 Å². The Morgan fingerprint density at radius 1 is 1.24 bits per heavy atom. The van der Waals surface area contributed by atoms with E-state index in [2.05, 4.69) is 15.1 Å². The highest BCUT2D eigenvalue weighted by Crippen LogP contribution is 2.32. The SMILES string of the molecule is COc1cc(C=O)ccc1Oc1cc(C)nc2ncnn12. The van der Waals surface area contributed by atoms with Gasteiger partial charge < -0.3 is 9.47 Å². The summed E-state index contributed by atoms with van der Waals surface area (Å²) >= 11 is 0. The number of aromatic nitrogens is 4. The van der Waals surface area contributed by atoms with Crippen LogP contribution >= 0.6 is 0 Å². The molecule has 7 heteroatoms. The molecule has 2 heterocycles.